The van der Waals surface area contributed by atoms with E-state index in [9.17, 15) is 0 Å². The van der Waals surface area contributed by atoms with Crippen molar-refractivity contribution in [2.75, 3.05) is 0 Å². The lowest BCUT2D eigenvalue weighted by Crippen LogP contribution is -2.10. The first-order valence-corrected chi connectivity index (χ1v) is 6.23. The summed E-state index contributed by atoms with van der Waals surface area (Å²) in [6.07, 6.45) is 3.61. The number of hydrogen-bond donors (Lipinski definition) is 1. The zero-order chi connectivity index (χ0) is 11.0. The maximum absolute atomic E-state index is 5.51. The van der Waals surface area contributed by atoms with Crippen LogP contribution in [0.25, 0.3) is 11.6 Å². The van der Waals surface area contributed by atoms with E-state index in [1.54, 1.807) is 0 Å². The molecule has 2 aromatic heterocycles. The predicted molar refractivity (Wildman–Crippen MR) is 59.9 cm³/mol. The summed E-state index contributed by atoms with van der Waals surface area (Å²) in [6.45, 7) is 0.453. The van der Waals surface area contributed by atoms with Crippen molar-refractivity contribution in [1.82, 2.24) is 15.1 Å². The molecule has 0 bridgehead atoms. The van der Waals surface area contributed by atoms with E-state index in [-0.39, 0.29) is 0 Å². The van der Waals surface area contributed by atoms with Crippen molar-refractivity contribution in [3.05, 3.63) is 16.2 Å². The smallest absolute Gasteiger partial charge is 0.277 e. The van der Waals surface area contributed by atoms with Crippen molar-refractivity contribution in [3.63, 3.8) is 0 Å². The zero-order valence-corrected chi connectivity index (χ0v) is 9.54. The van der Waals surface area contributed by atoms with Gasteiger partial charge < -0.3 is 10.3 Å². The van der Waals surface area contributed by atoms with Crippen LogP contribution in [0.15, 0.2) is 9.90 Å². The van der Waals surface area contributed by atoms with Gasteiger partial charge in [0.25, 0.3) is 5.89 Å². The van der Waals surface area contributed by atoms with E-state index < -0.39 is 0 Å². The molecule has 16 heavy (non-hydrogen) atoms. The minimum Gasteiger partial charge on any atom is -0.332 e. The third kappa shape index (κ3) is 1.64. The molecule has 1 aliphatic rings. The van der Waals surface area contributed by atoms with Gasteiger partial charge >= 0.3 is 0 Å². The van der Waals surface area contributed by atoms with Gasteiger partial charge in [-0.1, -0.05) is 11.6 Å². The molecule has 2 heterocycles. The van der Waals surface area contributed by atoms with Crippen LogP contribution in [-0.4, -0.2) is 15.1 Å². The molecule has 2 aromatic rings. The van der Waals surface area contributed by atoms with E-state index in [0.29, 0.717) is 18.4 Å². The number of aromatic nitrogens is 3. The highest BCUT2D eigenvalue weighted by atomic mass is 32.1. The lowest BCUT2D eigenvalue weighted by Gasteiger charge is -2.20. The van der Waals surface area contributed by atoms with Crippen molar-refractivity contribution >= 4 is 11.3 Å². The molecular weight excluding hydrogens is 224 g/mol. The van der Waals surface area contributed by atoms with Gasteiger partial charge in [-0.15, -0.1) is 11.3 Å². The number of nitrogens with zero attached hydrogens (tertiary/aromatic N) is 3. The summed E-state index contributed by atoms with van der Waals surface area (Å²) >= 11 is 1.52. The summed E-state index contributed by atoms with van der Waals surface area (Å²) in [7, 11) is 0. The number of thiazole rings is 1. The second-order valence-corrected chi connectivity index (χ2v) is 4.86. The van der Waals surface area contributed by atoms with Crippen LogP contribution in [0.3, 0.4) is 0 Å². The zero-order valence-electron chi connectivity index (χ0n) is 8.72. The second kappa shape index (κ2) is 3.95. The summed E-state index contributed by atoms with van der Waals surface area (Å²) in [5, 5.41) is 6.79. The number of rotatable bonds is 3. The molecule has 5 nitrogen and oxygen atoms in total. The maximum atomic E-state index is 5.51. The Kier molecular flexibility index (Phi) is 2.45. The monoisotopic (exact) mass is 236 g/mol. The van der Waals surface area contributed by atoms with Crippen LogP contribution >= 0.6 is 11.3 Å². The van der Waals surface area contributed by atoms with Gasteiger partial charge in [0, 0.05) is 17.8 Å². The van der Waals surface area contributed by atoms with Crippen molar-refractivity contribution < 1.29 is 4.52 Å². The van der Waals surface area contributed by atoms with E-state index in [1.165, 1.54) is 30.6 Å². The average molecular weight is 236 g/mol. The lowest BCUT2D eigenvalue weighted by molar-refractivity contribution is 0.366. The second-order valence-electron chi connectivity index (χ2n) is 3.92. The minimum atomic E-state index is 0.453. The highest BCUT2D eigenvalue weighted by Crippen LogP contribution is 2.35. The van der Waals surface area contributed by atoms with Crippen LogP contribution in [0, 0.1) is 0 Å². The summed E-state index contributed by atoms with van der Waals surface area (Å²) in [5.41, 5.74) is 6.25. The van der Waals surface area contributed by atoms with Gasteiger partial charge in [-0.25, -0.2) is 4.98 Å². The largest absolute Gasteiger partial charge is 0.332 e. The molecule has 0 unspecified atom stereocenters. The van der Waals surface area contributed by atoms with Crippen molar-refractivity contribution in [1.29, 1.82) is 0 Å². The Morgan fingerprint density at radius 3 is 2.94 bits per heavy atom. The first kappa shape index (κ1) is 9.92. The van der Waals surface area contributed by atoms with Gasteiger partial charge in [0.15, 0.2) is 5.82 Å². The quantitative estimate of drug-likeness (QED) is 0.880. The van der Waals surface area contributed by atoms with Gasteiger partial charge in [0.1, 0.15) is 10.7 Å². The maximum Gasteiger partial charge on any atom is 0.277 e. The first-order valence-electron chi connectivity index (χ1n) is 5.35. The van der Waals surface area contributed by atoms with Crippen molar-refractivity contribution in [2.24, 2.45) is 5.73 Å². The molecular formula is C10H12N4OS. The molecule has 3 rings (SSSR count). The molecule has 6 heteroatoms. The van der Waals surface area contributed by atoms with Crippen LogP contribution in [0.1, 0.15) is 36.0 Å². The molecule has 0 amide bonds. The predicted octanol–water partition coefficient (Wildman–Crippen LogP) is 1.92. The Morgan fingerprint density at radius 1 is 1.44 bits per heavy atom. The molecule has 1 fully saturated rings. The van der Waals surface area contributed by atoms with Gasteiger partial charge in [-0.3, -0.25) is 0 Å². The molecule has 0 atom stereocenters. The number of hydrogen-bond acceptors (Lipinski definition) is 6. The van der Waals surface area contributed by atoms with Crippen molar-refractivity contribution in [3.8, 4) is 11.6 Å². The molecule has 0 aliphatic heterocycles. The average Bonchev–Trinajstić information content (AvgIpc) is 2.81. The fourth-order valence-electron chi connectivity index (χ4n) is 1.67. The first-order chi connectivity index (χ1) is 7.86. The standard InChI is InChI=1S/C10H12N4OS/c11-4-8-12-7(5-16-8)10-13-9(14-15-10)6-2-1-3-6/h5-6H,1-4,11H2. The molecule has 0 saturated heterocycles. The molecule has 1 aliphatic carbocycles. The Hall–Kier alpha value is -1.27. The lowest BCUT2D eigenvalue weighted by atomic mass is 9.85. The number of nitrogens with two attached hydrogens (primary N) is 1. The Bertz CT molecular complexity index is 488. The molecule has 0 spiro atoms. The molecule has 1 saturated carbocycles. The third-order valence-electron chi connectivity index (χ3n) is 2.86. The fraction of sp³-hybridized carbons (Fsp3) is 0.500. The molecule has 84 valence electrons. The van der Waals surface area contributed by atoms with Crippen LogP contribution in [0.2, 0.25) is 0 Å². The topological polar surface area (TPSA) is 77.8 Å². The van der Waals surface area contributed by atoms with Crippen LogP contribution < -0.4 is 5.73 Å². The molecule has 0 radical (unpaired) electrons. The molecule has 0 aromatic carbocycles. The van der Waals surface area contributed by atoms with Crippen LogP contribution in [0.4, 0.5) is 0 Å². The van der Waals surface area contributed by atoms with Gasteiger partial charge in [0.2, 0.25) is 0 Å². The minimum absolute atomic E-state index is 0.453. The Balaban J connectivity index is 1.85. The van der Waals surface area contributed by atoms with E-state index in [0.717, 1.165) is 16.5 Å². The Morgan fingerprint density at radius 2 is 2.31 bits per heavy atom. The molecule has 2 N–H and O–H groups in total. The van der Waals surface area contributed by atoms with E-state index in [4.69, 9.17) is 10.3 Å². The summed E-state index contributed by atoms with van der Waals surface area (Å²) in [5.74, 6) is 1.83. The fourth-order valence-corrected chi connectivity index (χ4v) is 2.32. The van der Waals surface area contributed by atoms with Gasteiger partial charge in [-0.05, 0) is 12.8 Å². The van der Waals surface area contributed by atoms with Crippen LogP contribution in [0.5, 0.6) is 0 Å². The summed E-state index contributed by atoms with van der Waals surface area (Å²) in [4.78, 5) is 8.69. The Labute approximate surface area is 96.7 Å². The van der Waals surface area contributed by atoms with Crippen LogP contribution in [-0.2, 0) is 6.54 Å². The summed E-state index contributed by atoms with van der Waals surface area (Å²) < 4.78 is 5.21. The van der Waals surface area contributed by atoms with Gasteiger partial charge in [-0.2, -0.15) is 4.98 Å². The highest BCUT2D eigenvalue weighted by Gasteiger charge is 2.25. The normalized spacial score (nSPS) is 16.3. The van der Waals surface area contributed by atoms with E-state index >= 15 is 0 Å². The highest BCUT2D eigenvalue weighted by molar-refractivity contribution is 7.09. The van der Waals surface area contributed by atoms with Gasteiger partial charge in [0.05, 0.1) is 0 Å². The summed E-state index contributed by atoms with van der Waals surface area (Å²) in [6, 6.07) is 0. The third-order valence-corrected chi connectivity index (χ3v) is 3.73. The SMILES string of the molecule is NCc1nc(-c2nc(C3CCC3)no2)cs1. The van der Waals surface area contributed by atoms with Crippen molar-refractivity contribution in [2.45, 2.75) is 31.7 Å². The van der Waals surface area contributed by atoms with E-state index in [2.05, 4.69) is 15.1 Å². The van der Waals surface area contributed by atoms with E-state index in [1.807, 2.05) is 5.38 Å².